The van der Waals surface area contributed by atoms with Crippen molar-refractivity contribution in [3.05, 3.63) is 170 Å². The molecule has 244 valence electrons. The van der Waals surface area contributed by atoms with Crippen molar-refractivity contribution in [1.82, 2.24) is 14.5 Å². The SMILES string of the molecule is c1ccc(N2c3ccccc3Sc3c(-c4ccc5oc6ccc(-c7ccc8c9ccccc9n(-c9ccccc9)c8c7)nc6c5n4)cccc32)cc1. The van der Waals surface area contributed by atoms with Crippen LogP contribution in [0.2, 0.25) is 0 Å². The number of anilines is 3. The normalized spacial score (nSPS) is 12.5. The molecule has 0 N–H and O–H groups in total. The van der Waals surface area contributed by atoms with Crippen LogP contribution in [0.5, 0.6) is 0 Å². The van der Waals surface area contributed by atoms with Gasteiger partial charge in [-0.1, -0.05) is 103 Å². The van der Waals surface area contributed by atoms with Crippen molar-refractivity contribution in [3.8, 4) is 28.2 Å². The Bertz CT molecular complexity index is 3000. The highest BCUT2D eigenvalue weighted by molar-refractivity contribution is 8.00. The van der Waals surface area contributed by atoms with Crippen LogP contribution in [0.1, 0.15) is 0 Å². The monoisotopic (exact) mass is 684 g/mol. The van der Waals surface area contributed by atoms with Gasteiger partial charge in [-0.25, -0.2) is 9.97 Å². The molecule has 52 heavy (non-hydrogen) atoms. The second-order valence-electron chi connectivity index (χ2n) is 13.0. The summed E-state index contributed by atoms with van der Waals surface area (Å²) in [5.41, 5.74) is 13.7. The molecule has 0 radical (unpaired) electrons. The third-order valence-corrected chi connectivity index (χ3v) is 11.2. The molecule has 0 unspecified atom stereocenters. The van der Waals surface area contributed by atoms with Gasteiger partial charge in [-0.05, 0) is 78.9 Å². The molecular weight excluding hydrogens is 657 g/mol. The number of nitrogens with zero attached hydrogens (tertiary/aromatic N) is 4. The Balaban J connectivity index is 1.06. The molecule has 0 saturated heterocycles. The van der Waals surface area contributed by atoms with Gasteiger partial charge >= 0.3 is 0 Å². The number of hydrogen-bond acceptors (Lipinski definition) is 5. The van der Waals surface area contributed by atoms with E-state index in [9.17, 15) is 0 Å². The Morgan fingerprint density at radius 2 is 1.13 bits per heavy atom. The first-order chi connectivity index (χ1) is 25.8. The van der Waals surface area contributed by atoms with Gasteiger partial charge in [-0.3, -0.25) is 0 Å². The lowest BCUT2D eigenvalue weighted by molar-refractivity contribution is 0.667. The smallest absolute Gasteiger partial charge is 0.155 e. The molecule has 0 spiro atoms. The van der Waals surface area contributed by atoms with Crippen LogP contribution in [-0.2, 0) is 0 Å². The molecule has 4 aromatic heterocycles. The van der Waals surface area contributed by atoms with Crippen molar-refractivity contribution in [3.63, 3.8) is 0 Å². The summed E-state index contributed by atoms with van der Waals surface area (Å²) >= 11 is 1.79. The van der Waals surface area contributed by atoms with E-state index in [1.54, 1.807) is 11.8 Å². The van der Waals surface area contributed by atoms with E-state index in [1.165, 1.54) is 31.8 Å². The zero-order valence-electron chi connectivity index (χ0n) is 27.8. The number of furan rings is 1. The molecule has 0 bridgehead atoms. The number of rotatable bonds is 4. The van der Waals surface area contributed by atoms with E-state index in [1.807, 2.05) is 18.2 Å². The Labute approximate surface area is 303 Å². The van der Waals surface area contributed by atoms with Gasteiger partial charge in [-0.15, -0.1) is 0 Å². The topological polar surface area (TPSA) is 47.1 Å². The molecular formula is C46H28N4OS. The van der Waals surface area contributed by atoms with Crippen molar-refractivity contribution in [2.24, 2.45) is 0 Å². The van der Waals surface area contributed by atoms with Crippen LogP contribution in [-0.4, -0.2) is 14.5 Å². The van der Waals surface area contributed by atoms with Crippen molar-refractivity contribution < 1.29 is 4.42 Å². The third-order valence-electron chi connectivity index (χ3n) is 9.99. The number of benzene rings is 6. The van der Waals surface area contributed by atoms with E-state index >= 15 is 0 Å². The molecule has 0 atom stereocenters. The van der Waals surface area contributed by atoms with Gasteiger partial charge in [0.1, 0.15) is 11.0 Å². The lowest BCUT2D eigenvalue weighted by Gasteiger charge is -2.33. The van der Waals surface area contributed by atoms with Crippen molar-refractivity contribution >= 4 is 72.8 Å². The third kappa shape index (κ3) is 4.44. The summed E-state index contributed by atoms with van der Waals surface area (Å²) in [6.45, 7) is 0. The predicted molar refractivity (Wildman–Crippen MR) is 213 cm³/mol. The van der Waals surface area contributed by atoms with Crippen molar-refractivity contribution in [2.45, 2.75) is 9.79 Å². The summed E-state index contributed by atoms with van der Waals surface area (Å²) in [5.74, 6) is 0. The quantitative estimate of drug-likeness (QED) is 0.185. The minimum absolute atomic E-state index is 0.719. The summed E-state index contributed by atoms with van der Waals surface area (Å²) in [6, 6.07) is 59.6. The maximum Gasteiger partial charge on any atom is 0.155 e. The van der Waals surface area contributed by atoms with Crippen LogP contribution >= 0.6 is 11.8 Å². The number of aromatic nitrogens is 3. The number of para-hydroxylation sites is 4. The summed E-state index contributed by atoms with van der Waals surface area (Å²) in [5, 5.41) is 2.44. The number of pyridine rings is 2. The molecule has 0 amide bonds. The van der Waals surface area contributed by atoms with Gasteiger partial charge in [0.15, 0.2) is 11.2 Å². The van der Waals surface area contributed by atoms with Gasteiger partial charge in [0.05, 0.1) is 33.8 Å². The van der Waals surface area contributed by atoms with Crippen molar-refractivity contribution in [2.75, 3.05) is 4.90 Å². The molecule has 1 aliphatic heterocycles. The molecule has 6 aromatic carbocycles. The summed E-state index contributed by atoms with van der Waals surface area (Å²) in [6.07, 6.45) is 0. The van der Waals surface area contributed by atoms with Crippen LogP contribution in [0.4, 0.5) is 17.1 Å². The molecule has 11 rings (SSSR count). The molecule has 0 fully saturated rings. The molecule has 0 aliphatic carbocycles. The van der Waals surface area contributed by atoms with Gasteiger partial charge in [0.2, 0.25) is 0 Å². The Kier molecular flexibility index (Phi) is 6.42. The second kappa shape index (κ2) is 11.5. The molecule has 0 saturated carbocycles. The maximum absolute atomic E-state index is 6.31. The predicted octanol–water partition coefficient (Wildman–Crippen LogP) is 12.7. The van der Waals surface area contributed by atoms with Gasteiger partial charge in [0.25, 0.3) is 0 Å². The molecule has 10 aromatic rings. The summed E-state index contributed by atoms with van der Waals surface area (Å²) in [7, 11) is 0. The first kappa shape index (κ1) is 29.1. The number of hydrogen-bond donors (Lipinski definition) is 0. The highest BCUT2D eigenvalue weighted by Crippen LogP contribution is 2.54. The molecule has 6 heteroatoms. The lowest BCUT2D eigenvalue weighted by atomic mass is 10.1. The second-order valence-corrected chi connectivity index (χ2v) is 14.1. The van der Waals surface area contributed by atoms with E-state index in [2.05, 4.69) is 161 Å². The highest BCUT2D eigenvalue weighted by Gasteiger charge is 2.27. The van der Waals surface area contributed by atoms with Crippen LogP contribution in [0.3, 0.4) is 0 Å². The van der Waals surface area contributed by atoms with Crippen molar-refractivity contribution in [1.29, 1.82) is 0 Å². The average molecular weight is 685 g/mol. The molecule has 5 nitrogen and oxygen atoms in total. The largest absolute Gasteiger partial charge is 0.453 e. The Hall–Kier alpha value is -6.63. The zero-order valence-corrected chi connectivity index (χ0v) is 28.6. The van der Waals surface area contributed by atoms with E-state index in [4.69, 9.17) is 14.4 Å². The van der Waals surface area contributed by atoms with Crippen LogP contribution in [0.15, 0.2) is 184 Å². The fourth-order valence-electron chi connectivity index (χ4n) is 7.64. The minimum Gasteiger partial charge on any atom is -0.453 e. The first-order valence-corrected chi connectivity index (χ1v) is 18.1. The fraction of sp³-hybridized carbons (Fsp3) is 0. The van der Waals surface area contributed by atoms with Crippen LogP contribution in [0.25, 0.3) is 72.2 Å². The van der Waals surface area contributed by atoms with E-state index in [0.717, 1.165) is 67.3 Å². The van der Waals surface area contributed by atoms with Gasteiger partial charge in [-0.2, -0.15) is 0 Å². The first-order valence-electron chi connectivity index (χ1n) is 17.3. The van der Waals surface area contributed by atoms with Crippen LogP contribution in [0, 0.1) is 0 Å². The number of fused-ring (bicyclic) bond motifs is 8. The van der Waals surface area contributed by atoms with Gasteiger partial charge < -0.3 is 13.9 Å². The fourth-order valence-corrected chi connectivity index (χ4v) is 8.82. The zero-order chi connectivity index (χ0) is 34.2. The highest BCUT2D eigenvalue weighted by atomic mass is 32.2. The van der Waals surface area contributed by atoms with E-state index < -0.39 is 0 Å². The Morgan fingerprint density at radius 1 is 0.481 bits per heavy atom. The van der Waals surface area contributed by atoms with E-state index in [0.29, 0.717) is 0 Å². The lowest BCUT2D eigenvalue weighted by Crippen LogP contribution is -2.15. The summed E-state index contributed by atoms with van der Waals surface area (Å²) in [4.78, 5) is 15.2. The van der Waals surface area contributed by atoms with Crippen LogP contribution < -0.4 is 4.90 Å². The van der Waals surface area contributed by atoms with Gasteiger partial charge in [0, 0.05) is 43.1 Å². The minimum atomic E-state index is 0.719. The Morgan fingerprint density at radius 3 is 1.96 bits per heavy atom. The van der Waals surface area contributed by atoms with E-state index in [-0.39, 0.29) is 0 Å². The molecule has 5 heterocycles. The summed E-state index contributed by atoms with van der Waals surface area (Å²) < 4.78 is 8.65. The average Bonchev–Trinajstić information content (AvgIpc) is 3.75. The molecule has 1 aliphatic rings. The standard InChI is InChI=1S/C46H28N4OS/c1-3-12-30(13-4-1)49-37-18-8-7-16-32(37)33-23-22-29(28-40(33)49)35-24-26-41-44(47-35)45-42(51-41)27-25-36(48-45)34-17-11-20-39-46(34)52-43-21-10-9-19-38(43)50(39)31-14-5-2-6-15-31/h1-28H. The maximum atomic E-state index is 6.31.